The third kappa shape index (κ3) is 5.38. The molecular weight excluding hydrogens is 568 g/mol. The minimum absolute atomic E-state index is 0.0563. The van der Waals surface area contributed by atoms with Crippen LogP contribution in [-0.4, -0.2) is 48.2 Å². The molecule has 1 N–H and O–H groups in total. The van der Waals surface area contributed by atoms with Gasteiger partial charge in [0, 0.05) is 5.56 Å². The second kappa shape index (κ2) is 12.0. The molecular formula is C33H32N2O7S. The number of hydrogen-bond donors (Lipinski definition) is 1. The maximum Gasteiger partial charge on any atom is 0.301 e. The number of aromatic nitrogens is 1. The number of aliphatic hydroxyl groups excluding tert-OH is 1. The number of thiazole rings is 1. The molecule has 9 nitrogen and oxygen atoms in total. The van der Waals surface area contributed by atoms with Gasteiger partial charge in [-0.3, -0.25) is 14.5 Å². The number of carbonyl (C=O) groups excluding carboxylic acids is 2. The van der Waals surface area contributed by atoms with Crippen molar-refractivity contribution in [3.63, 3.8) is 0 Å². The SMILES string of the molecule is CCCCOc1ccc(C2C(=C(O)c3ccc4c(c3)OCCO4)C(=O)C(=O)N2c2nc3ccc(C)cc3s2)cc1OCC. The molecule has 1 amide bonds. The van der Waals surface area contributed by atoms with Crippen LogP contribution in [0.1, 0.15) is 49.4 Å². The molecule has 10 heteroatoms. The molecule has 0 bridgehead atoms. The van der Waals surface area contributed by atoms with Crippen LogP contribution in [0, 0.1) is 6.92 Å². The molecule has 1 aromatic heterocycles. The van der Waals surface area contributed by atoms with Crippen molar-refractivity contribution in [2.24, 2.45) is 0 Å². The van der Waals surface area contributed by atoms with Crippen molar-refractivity contribution in [1.82, 2.24) is 4.98 Å². The molecule has 1 unspecified atom stereocenters. The van der Waals surface area contributed by atoms with Gasteiger partial charge in [0.25, 0.3) is 5.78 Å². The van der Waals surface area contributed by atoms with Crippen molar-refractivity contribution in [2.45, 2.75) is 39.7 Å². The van der Waals surface area contributed by atoms with Crippen molar-refractivity contribution >= 4 is 44.1 Å². The number of rotatable bonds is 9. The average molecular weight is 601 g/mol. The number of amides is 1. The van der Waals surface area contributed by atoms with Gasteiger partial charge in [0.1, 0.15) is 19.0 Å². The van der Waals surface area contributed by atoms with E-state index in [0.29, 0.717) is 71.2 Å². The lowest BCUT2D eigenvalue weighted by atomic mass is 9.95. The number of aryl methyl sites for hydroxylation is 1. The summed E-state index contributed by atoms with van der Waals surface area (Å²) >= 11 is 1.32. The van der Waals surface area contributed by atoms with Gasteiger partial charge in [-0.05, 0) is 73.9 Å². The topological polar surface area (TPSA) is 107 Å². The van der Waals surface area contributed by atoms with Crippen LogP contribution in [-0.2, 0) is 9.59 Å². The number of nitrogens with zero attached hydrogens (tertiary/aromatic N) is 2. The first-order chi connectivity index (χ1) is 20.9. The maximum absolute atomic E-state index is 13.8. The molecule has 0 saturated carbocycles. The molecule has 1 saturated heterocycles. The van der Waals surface area contributed by atoms with Crippen molar-refractivity contribution < 1.29 is 33.6 Å². The Morgan fingerprint density at radius 3 is 2.60 bits per heavy atom. The molecule has 3 aromatic carbocycles. The number of ether oxygens (including phenoxy) is 4. The van der Waals surface area contributed by atoms with Crippen LogP contribution in [0.15, 0.2) is 60.2 Å². The highest BCUT2D eigenvalue weighted by Crippen LogP contribution is 2.46. The summed E-state index contributed by atoms with van der Waals surface area (Å²) in [4.78, 5) is 33.6. The van der Waals surface area contributed by atoms with E-state index in [4.69, 9.17) is 23.9 Å². The van der Waals surface area contributed by atoms with Crippen molar-refractivity contribution in [2.75, 3.05) is 31.3 Å². The molecule has 1 fully saturated rings. The predicted octanol–water partition coefficient (Wildman–Crippen LogP) is 6.58. The molecule has 3 heterocycles. The van der Waals surface area contributed by atoms with E-state index >= 15 is 0 Å². The Labute approximate surface area is 253 Å². The Balaban J connectivity index is 1.51. The molecule has 2 aliphatic rings. The Morgan fingerprint density at radius 1 is 1.00 bits per heavy atom. The first kappa shape index (κ1) is 28.5. The fraction of sp³-hybridized carbons (Fsp3) is 0.303. The van der Waals surface area contributed by atoms with Crippen molar-refractivity contribution in [3.8, 4) is 23.0 Å². The van der Waals surface area contributed by atoms with Gasteiger partial charge in [0.15, 0.2) is 28.1 Å². The first-order valence-electron chi connectivity index (χ1n) is 14.4. The Hall–Kier alpha value is -4.57. The third-order valence-electron chi connectivity index (χ3n) is 7.34. The highest BCUT2D eigenvalue weighted by atomic mass is 32.1. The molecule has 43 heavy (non-hydrogen) atoms. The van der Waals surface area contributed by atoms with Crippen LogP contribution >= 0.6 is 11.3 Å². The van der Waals surface area contributed by atoms with E-state index in [0.717, 1.165) is 23.1 Å². The standard InChI is InChI=1S/C33H32N2O7S/c1-4-6-13-40-23-11-8-20(17-25(23)39-5-2)29-28(30(36)21-9-12-24-26(18-21)42-15-14-41-24)31(37)32(38)35(29)33-34-22-10-7-19(3)16-27(22)43-33/h7-12,16-18,29,36H,4-6,13-15H2,1-3H3. The number of anilines is 1. The van der Waals surface area contributed by atoms with Gasteiger partial charge in [-0.15, -0.1) is 0 Å². The summed E-state index contributed by atoms with van der Waals surface area (Å²) in [6.45, 7) is 7.66. The van der Waals surface area contributed by atoms with Gasteiger partial charge in [-0.1, -0.05) is 36.8 Å². The normalized spacial score (nSPS) is 17.5. The number of aliphatic hydroxyl groups is 1. The van der Waals surface area contributed by atoms with E-state index in [1.54, 1.807) is 36.4 Å². The molecule has 0 aliphatic carbocycles. The van der Waals surface area contributed by atoms with Gasteiger partial charge in [-0.2, -0.15) is 0 Å². The Bertz CT molecular complexity index is 1740. The number of hydrogen-bond acceptors (Lipinski definition) is 9. The number of Topliss-reactive ketones (excluding diaryl/α,β-unsaturated/α-hetero) is 1. The molecule has 222 valence electrons. The summed E-state index contributed by atoms with van der Waals surface area (Å²) in [5, 5.41) is 12.0. The quantitative estimate of drug-likeness (QED) is 0.0994. The lowest BCUT2D eigenvalue weighted by Crippen LogP contribution is -2.29. The number of fused-ring (bicyclic) bond motifs is 2. The van der Waals surface area contributed by atoms with Crippen LogP contribution in [0.4, 0.5) is 5.13 Å². The molecule has 0 spiro atoms. The number of unbranched alkanes of at least 4 members (excludes halogenated alkanes) is 1. The van der Waals surface area contributed by atoms with Crippen LogP contribution in [0.25, 0.3) is 16.0 Å². The van der Waals surface area contributed by atoms with Gasteiger partial charge in [-0.25, -0.2) is 4.98 Å². The summed E-state index contributed by atoms with van der Waals surface area (Å²) in [5.74, 6) is 0.148. The second-order valence-electron chi connectivity index (χ2n) is 10.3. The van der Waals surface area contributed by atoms with Gasteiger partial charge < -0.3 is 24.1 Å². The molecule has 4 aromatic rings. The maximum atomic E-state index is 13.8. The molecule has 6 rings (SSSR count). The smallest absolute Gasteiger partial charge is 0.301 e. The zero-order valence-corrected chi connectivity index (χ0v) is 25.0. The number of ketones is 1. The number of carbonyl (C=O) groups is 2. The van der Waals surface area contributed by atoms with Crippen LogP contribution in [0.5, 0.6) is 23.0 Å². The van der Waals surface area contributed by atoms with Gasteiger partial charge >= 0.3 is 5.91 Å². The molecule has 1 atom stereocenters. The summed E-state index contributed by atoms with van der Waals surface area (Å²) in [5.41, 5.74) is 2.61. The first-order valence-corrected chi connectivity index (χ1v) is 15.2. The van der Waals surface area contributed by atoms with Crippen molar-refractivity contribution in [1.29, 1.82) is 0 Å². The summed E-state index contributed by atoms with van der Waals surface area (Å²) < 4.78 is 24.1. The highest BCUT2D eigenvalue weighted by Gasteiger charge is 2.48. The minimum Gasteiger partial charge on any atom is -0.507 e. The molecule has 2 aliphatic heterocycles. The van der Waals surface area contributed by atoms with Crippen LogP contribution in [0.3, 0.4) is 0 Å². The van der Waals surface area contributed by atoms with Gasteiger partial charge in [0.2, 0.25) is 0 Å². The fourth-order valence-electron chi connectivity index (χ4n) is 5.22. The predicted molar refractivity (Wildman–Crippen MR) is 165 cm³/mol. The summed E-state index contributed by atoms with van der Waals surface area (Å²) in [6, 6.07) is 15.1. The summed E-state index contributed by atoms with van der Waals surface area (Å²) in [6.07, 6.45) is 1.87. The average Bonchev–Trinajstić information content (AvgIpc) is 3.54. The Morgan fingerprint density at radius 2 is 1.81 bits per heavy atom. The lowest BCUT2D eigenvalue weighted by Gasteiger charge is -2.24. The van der Waals surface area contributed by atoms with Crippen LogP contribution in [0.2, 0.25) is 0 Å². The largest absolute Gasteiger partial charge is 0.507 e. The second-order valence-corrected chi connectivity index (χ2v) is 11.3. The highest BCUT2D eigenvalue weighted by molar-refractivity contribution is 7.22. The van der Waals surface area contributed by atoms with E-state index < -0.39 is 17.7 Å². The zero-order valence-electron chi connectivity index (χ0n) is 24.2. The van der Waals surface area contributed by atoms with E-state index in [9.17, 15) is 14.7 Å². The number of benzene rings is 3. The zero-order chi connectivity index (χ0) is 30.1. The molecule has 0 radical (unpaired) electrons. The van der Waals surface area contributed by atoms with E-state index in [1.807, 2.05) is 32.0 Å². The van der Waals surface area contributed by atoms with Gasteiger partial charge in [0.05, 0.1) is 35.0 Å². The lowest BCUT2D eigenvalue weighted by molar-refractivity contribution is -0.132. The third-order valence-corrected chi connectivity index (χ3v) is 8.36. The van der Waals surface area contributed by atoms with Crippen molar-refractivity contribution in [3.05, 3.63) is 76.9 Å². The van der Waals surface area contributed by atoms with E-state index in [1.165, 1.54) is 16.2 Å². The fourth-order valence-corrected chi connectivity index (χ4v) is 6.31. The monoisotopic (exact) mass is 600 g/mol. The Kier molecular flexibility index (Phi) is 7.94. The van der Waals surface area contributed by atoms with Crippen LogP contribution < -0.4 is 23.8 Å². The summed E-state index contributed by atoms with van der Waals surface area (Å²) in [7, 11) is 0. The van der Waals surface area contributed by atoms with E-state index in [2.05, 4.69) is 6.92 Å². The minimum atomic E-state index is -0.973. The van der Waals surface area contributed by atoms with E-state index in [-0.39, 0.29) is 11.3 Å².